The third-order valence-electron chi connectivity index (χ3n) is 0.874. The molecule has 0 bridgehead atoms. The second-order valence-electron chi connectivity index (χ2n) is 1.65. The molecule has 0 amide bonds. The average Bonchev–Trinajstić information content (AvgIpc) is 1.83. The van der Waals surface area contributed by atoms with E-state index in [0.717, 1.165) is 12.8 Å². The molecule has 0 aromatic rings. The Hall–Kier alpha value is 0.400. The van der Waals surface area contributed by atoms with Crippen LogP contribution >= 0.6 is 15.9 Å². The molecular formula is C5H11BrO2. The van der Waals surface area contributed by atoms with E-state index in [1.807, 2.05) is 0 Å². The lowest BCUT2D eigenvalue weighted by molar-refractivity contribution is 0.262. The van der Waals surface area contributed by atoms with Crippen LogP contribution in [-0.2, 0) is 0 Å². The number of rotatable bonds is 4. The first-order valence-electron chi connectivity index (χ1n) is 2.67. The summed E-state index contributed by atoms with van der Waals surface area (Å²) in [6, 6.07) is 0. The van der Waals surface area contributed by atoms with Crippen molar-refractivity contribution in [3.05, 3.63) is 0 Å². The Morgan fingerprint density at radius 2 is 2.00 bits per heavy atom. The highest BCUT2D eigenvalue weighted by molar-refractivity contribution is 9.09. The molecule has 0 heterocycles. The van der Waals surface area contributed by atoms with Gasteiger partial charge >= 0.3 is 0 Å². The fraction of sp³-hybridized carbons (Fsp3) is 1.00. The van der Waals surface area contributed by atoms with Crippen molar-refractivity contribution in [3.8, 4) is 0 Å². The predicted molar refractivity (Wildman–Crippen MR) is 36.1 cm³/mol. The maximum Gasteiger partial charge on any atom is 0.0556 e. The number of aliphatic hydroxyl groups is 2. The minimum atomic E-state index is 0.153. The summed E-state index contributed by atoms with van der Waals surface area (Å²) in [6.07, 6.45) is 1.60. The highest BCUT2D eigenvalue weighted by atomic mass is 79.9. The minimum Gasteiger partial charge on any atom is -0.396 e. The van der Waals surface area contributed by atoms with Crippen LogP contribution in [0.5, 0.6) is 0 Å². The lowest BCUT2D eigenvalue weighted by Crippen LogP contribution is -2.03. The molecule has 0 aromatic heterocycles. The summed E-state index contributed by atoms with van der Waals surface area (Å²) < 4.78 is 0. The standard InChI is InChI=1S/C5H11BrO2/c6-5(4-8)2-1-3-7/h5,7-8H,1-4H2/t5-/m1/s1. The first-order valence-corrected chi connectivity index (χ1v) is 3.58. The molecule has 0 unspecified atom stereocenters. The highest BCUT2D eigenvalue weighted by Gasteiger charge is 1.98. The lowest BCUT2D eigenvalue weighted by Gasteiger charge is -2.01. The average molecular weight is 183 g/mol. The number of hydrogen-bond acceptors (Lipinski definition) is 2. The molecule has 0 fully saturated rings. The third-order valence-corrected chi connectivity index (χ3v) is 1.62. The molecule has 0 saturated carbocycles. The molecule has 50 valence electrons. The van der Waals surface area contributed by atoms with Crippen molar-refractivity contribution in [3.63, 3.8) is 0 Å². The molecule has 1 atom stereocenters. The van der Waals surface area contributed by atoms with E-state index < -0.39 is 0 Å². The molecule has 0 radical (unpaired) electrons. The van der Waals surface area contributed by atoms with Gasteiger partial charge < -0.3 is 10.2 Å². The number of alkyl halides is 1. The van der Waals surface area contributed by atoms with E-state index in [1.54, 1.807) is 0 Å². The molecule has 0 saturated heterocycles. The normalized spacial score (nSPS) is 13.9. The number of halogens is 1. The van der Waals surface area contributed by atoms with Gasteiger partial charge in [0.25, 0.3) is 0 Å². The highest BCUT2D eigenvalue weighted by Crippen LogP contribution is 2.05. The lowest BCUT2D eigenvalue weighted by atomic mass is 10.2. The molecule has 2 N–H and O–H groups in total. The van der Waals surface area contributed by atoms with Crippen molar-refractivity contribution in [2.45, 2.75) is 17.7 Å². The van der Waals surface area contributed by atoms with Gasteiger partial charge in [-0.15, -0.1) is 0 Å². The third kappa shape index (κ3) is 4.56. The number of hydrogen-bond donors (Lipinski definition) is 2. The van der Waals surface area contributed by atoms with Gasteiger partial charge in [-0.1, -0.05) is 15.9 Å². The summed E-state index contributed by atoms with van der Waals surface area (Å²) in [5.41, 5.74) is 0. The van der Waals surface area contributed by atoms with Crippen LogP contribution in [0.4, 0.5) is 0 Å². The Morgan fingerprint density at radius 3 is 2.38 bits per heavy atom. The van der Waals surface area contributed by atoms with Gasteiger partial charge in [-0.2, -0.15) is 0 Å². The zero-order valence-corrected chi connectivity index (χ0v) is 6.26. The van der Waals surface area contributed by atoms with Crippen LogP contribution in [0.1, 0.15) is 12.8 Å². The van der Waals surface area contributed by atoms with Crippen LogP contribution in [0, 0.1) is 0 Å². The Kier molecular flexibility index (Phi) is 5.81. The maximum atomic E-state index is 8.43. The molecule has 0 aliphatic heterocycles. The van der Waals surface area contributed by atoms with Crippen LogP contribution in [-0.4, -0.2) is 28.3 Å². The van der Waals surface area contributed by atoms with Gasteiger partial charge in [-0.3, -0.25) is 0 Å². The van der Waals surface area contributed by atoms with E-state index >= 15 is 0 Å². The first kappa shape index (κ1) is 8.40. The van der Waals surface area contributed by atoms with E-state index in [9.17, 15) is 0 Å². The van der Waals surface area contributed by atoms with Gasteiger partial charge in [0, 0.05) is 11.4 Å². The molecule has 0 aliphatic carbocycles. The van der Waals surface area contributed by atoms with Crippen molar-refractivity contribution in [1.82, 2.24) is 0 Å². The summed E-state index contributed by atoms with van der Waals surface area (Å²) in [6.45, 7) is 0.363. The fourth-order valence-corrected chi connectivity index (χ4v) is 0.728. The smallest absolute Gasteiger partial charge is 0.0556 e. The second kappa shape index (κ2) is 5.54. The number of aliphatic hydroxyl groups excluding tert-OH is 2. The molecule has 8 heavy (non-hydrogen) atoms. The monoisotopic (exact) mass is 182 g/mol. The summed E-state index contributed by atoms with van der Waals surface area (Å²) in [5.74, 6) is 0. The SMILES string of the molecule is OCCC[C@@H](Br)CO. The van der Waals surface area contributed by atoms with Gasteiger partial charge in [0.2, 0.25) is 0 Å². The van der Waals surface area contributed by atoms with Gasteiger partial charge in [-0.25, -0.2) is 0 Å². The van der Waals surface area contributed by atoms with Crippen LogP contribution < -0.4 is 0 Å². The van der Waals surface area contributed by atoms with Crippen molar-refractivity contribution >= 4 is 15.9 Å². The van der Waals surface area contributed by atoms with E-state index in [4.69, 9.17) is 10.2 Å². The van der Waals surface area contributed by atoms with Crippen LogP contribution in [0.15, 0.2) is 0 Å². The van der Waals surface area contributed by atoms with Crippen molar-refractivity contribution in [2.75, 3.05) is 13.2 Å². The topological polar surface area (TPSA) is 40.5 Å². The summed E-state index contributed by atoms with van der Waals surface area (Å²) in [4.78, 5) is 0.162. The molecule has 0 aromatic carbocycles. The first-order chi connectivity index (χ1) is 3.81. The van der Waals surface area contributed by atoms with Gasteiger partial charge in [-0.05, 0) is 12.8 Å². The van der Waals surface area contributed by atoms with Gasteiger partial charge in [0.05, 0.1) is 6.61 Å². The Morgan fingerprint density at radius 1 is 1.38 bits per heavy atom. The fourth-order valence-electron chi connectivity index (χ4n) is 0.404. The molecule has 0 spiro atoms. The van der Waals surface area contributed by atoms with Gasteiger partial charge in [0.1, 0.15) is 0 Å². The predicted octanol–water partition coefficient (Wildman–Crippen LogP) is 0.515. The zero-order chi connectivity index (χ0) is 6.41. The summed E-state index contributed by atoms with van der Waals surface area (Å²) in [7, 11) is 0. The second-order valence-corrected chi connectivity index (χ2v) is 2.94. The molecular weight excluding hydrogens is 172 g/mol. The largest absolute Gasteiger partial charge is 0.396 e. The van der Waals surface area contributed by atoms with Gasteiger partial charge in [0.15, 0.2) is 0 Å². The van der Waals surface area contributed by atoms with Crippen LogP contribution in [0.3, 0.4) is 0 Å². The zero-order valence-electron chi connectivity index (χ0n) is 4.68. The minimum absolute atomic E-state index is 0.153. The van der Waals surface area contributed by atoms with E-state index in [0.29, 0.717) is 0 Å². The molecule has 2 nitrogen and oxygen atoms in total. The molecule has 0 rings (SSSR count). The Bertz CT molecular complexity index is 49.7. The van der Waals surface area contributed by atoms with E-state index in [1.165, 1.54) is 0 Å². The summed E-state index contributed by atoms with van der Waals surface area (Å²) in [5, 5.41) is 16.7. The maximum absolute atomic E-state index is 8.43. The van der Waals surface area contributed by atoms with Crippen molar-refractivity contribution < 1.29 is 10.2 Å². The summed E-state index contributed by atoms with van der Waals surface area (Å²) >= 11 is 3.22. The van der Waals surface area contributed by atoms with E-state index in [-0.39, 0.29) is 18.0 Å². The van der Waals surface area contributed by atoms with Crippen molar-refractivity contribution in [1.29, 1.82) is 0 Å². The van der Waals surface area contributed by atoms with E-state index in [2.05, 4.69) is 15.9 Å². The van der Waals surface area contributed by atoms with Crippen LogP contribution in [0.25, 0.3) is 0 Å². The Balaban J connectivity index is 2.86. The molecule has 0 aliphatic rings. The van der Waals surface area contributed by atoms with Crippen molar-refractivity contribution in [2.24, 2.45) is 0 Å². The molecule has 3 heteroatoms. The van der Waals surface area contributed by atoms with Crippen LogP contribution in [0.2, 0.25) is 0 Å². The quantitative estimate of drug-likeness (QED) is 0.623. The Labute approximate surface area is 57.7 Å².